The highest BCUT2D eigenvalue weighted by molar-refractivity contribution is 6.31. The van der Waals surface area contributed by atoms with Crippen molar-refractivity contribution in [3.05, 3.63) is 46.5 Å². The molecule has 1 aromatic heterocycles. The van der Waals surface area contributed by atoms with Crippen LogP contribution in [0, 0.1) is 5.82 Å². The molecule has 3 nitrogen and oxygen atoms in total. The molecule has 0 aliphatic heterocycles. The molecule has 0 fully saturated rings. The molecule has 0 spiro atoms. The highest BCUT2D eigenvalue weighted by atomic mass is 35.5. The number of anilines is 1. The summed E-state index contributed by atoms with van der Waals surface area (Å²) in [6.07, 6.45) is 0.809. The topological polar surface area (TPSA) is 29.9 Å². The Labute approximate surface area is 111 Å². The molecule has 2 aromatic rings. The number of aryl methyl sites for hydroxylation is 2. The summed E-state index contributed by atoms with van der Waals surface area (Å²) in [7, 11) is 1.87. The molecule has 1 heterocycles. The number of nitrogens with zero attached hydrogens (tertiary/aromatic N) is 2. The first kappa shape index (κ1) is 12.9. The number of rotatable bonds is 4. The van der Waals surface area contributed by atoms with Gasteiger partial charge in [0.2, 0.25) is 0 Å². The van der Waals surface area contributed by atoms with Crippen molar-refractivity contribution in [2.24, 2.45) is 7.05 Å². The number of aromatic nitrogens is 2. The van der Waals surface area contributed by atoms with Gasteiger partial charge in [0.25, 0.3) is 0 Å². The van der Waals surface area contributed by atoms with E-state index in [4.69, 9.17) is 11.6 Å². The molecule has 2 rings (SSSR count). The van der Waals surface area contributed by atoms with E-state index in [2.05, 4.69) is 10.4 Å². The quantitative estimate of drug-likeness (QED) is 0.920. The van der Waals surface area contributed by atoms with E-state index in [1.807, 2.05) is 14.0 Å². The maximum absolute atomic E-state index is 12.8. The molecule has 0 aliphatic carbocycles. The first-order valence-electron chi connectivity index (χ1n) is 5.81. The highest BCUT2D eigenvalue weighted by Gasteiger charge is 2.12. The number of benzene rings is 1. The minimum absolute atomic E-state index is 0.243. The van der Waals surface area contributed by atoms with Gasteiger partial charge in [-0.25, -0.2) is 4.39 Å². The Morgan fingerprint density at radius 2 is 2.00 bits per heavy atom. The van der Waals surface area contributed by atoms with Crippen molar-refractivity contribution < 1.29 is 4.39 Å². The van der Waals surface area contributed by atoms with Crippen molar-refractivity contribution in [1.82, 2.24) is 9.78 Å². The largest absolute Gasteiger partial charge is 0.379 e. The van der Waals surface area contributed by atoms with Gasteiger partial charge >= 0.3 is 0 Å². The molecule has 96 valence electrons. The van der Waals surface area contributed by atoms with Crippen LogP contribution in [0.1, 0.15) is 18.3 Å². The van der Waals surface area contributed by atoms with Gasteiger partial charge in [0, 0.05) is 12.7 Å². The first-order chi connectivity index (χ1) is 8.61. The molecule has 18 heavy (non-hydrogen) atoms. The van der Waals surface area contributed by atoms with Gasteiger partial charge in [-0.05, 0) is 30.7 Å². The van der Waals surface area contributed by atoms with E-state index in [0.717, 1.165) is 23.5 Å². The molecule has 0 unspecified atom stereocenters. The number of halogens is 2. The summed E-state index contributed by atoms with van der Waals surface area (Å²) in [6.45, 7) is 2.58. The van der Waals surface area contributed by atoms with Crippen LogP contribution in [0.15, 0.2) is 24.3 Å². The van der Waals surface area contributed by atoms with E-state index < -0.39 is 0 Å². The summed E-state index contributed by atoms with van der Waals surface area (Å²) < 4.78 is 14.5. The van der Waals surface area contributed by atoms with Crippen LogP contribution in [0.3, 0.4) is 0 Å². The fourth-order valence-corrected chi connectivity index (χ4v) is 2.13. The summed E-state index contributed by atoms with van der Waals surface area (Å²) in [6, 6.07) is 6.23. The molecule has 0 saturated heterocycles. The molecule has 0 bridgehead atoms. The van der Waals surface area contributed by atoms with Crippen molar-refractivity contribution in [3.8, 4) is 0 Å². The fraction of sp³-hybridized carbons (Fsp3) is 0.308. The van der Waals surface area contributed by atoms with Crippen molar-refractivity contribution in [3.63, 3.8) is 0 Å². The third-order valence-electron chi connectivity index (χ3n) is 2.81. The molecular formula is C13H15ClFN3. The van der Waals surface area contributed by atoms with Gasteiger partial charge in [0.05, 0.1) is 23.0 Å². The van der Waals surface area contributed by atoms with Crippen molar-refractivity contribution >= 4 is 17.3 Å². The Bertz CT molecular complexity index is 534. The van der Waals surface area contributed by atoms with Crippen molar-refractivity contribution in [2.75, 3.05) is 5.32 Å². The van der Waals surface area contributed by atoms with E-state index >= 15 is 0 Å². The van der Waals surface area contributed by atoms with Gasteiger partial charge in [-0.15, -0.1) is 0 Å². The van der Waals surface area contributed by atoms with Gasteiger partial charge in [0.15, 0.2) is 0 Å². The van der Waals surface area contributed by atoms with E-state index in [0.29, 0.717) is 11.6 Å². The van der Waals surface area contributed by atoms with Gasteiger partial charge in [-0.3, -0.25) is 4.68 Å². The van der Waals surface area contributed by atoms with Crippen molar-refractivity contribution in [1.29, 1.82) is 0 Å². The molecule has 1 N–H and O–H groups in total. The molecule has 0 radical (unpaired) electrons. The summed E-state index contributed by atoms with van der Waals surface area (Å²) in [5, 5.41) is 8.24. The molecule has 0 amide bonds. The van der Waals surface area contributed by atoms with E-state index in [9.17, 15) is 4.39 Å². The summed E-state index contributed by atoms with van der Waals surface area (Å²) in [5.41, 5.74) is 2.68. The smallest absolute Gasteiger partial charge is 0.123 e. The number of hydrogen-bond donors (Lipinski definition) is 1. The lowest BCUT2D eigenvalue weighted by Gasteiger charge is -2.07. The Hall–Kier alpha value is -1.55. The SMILES string of the molecule is CCc1nn(C)c(CNc2ccc(F)cc2)c1Cl. The van der Waals surface area contributed by atoms with Gasteiger partial charge < -0.3 is 5.32 Å². The monoisotopic (exact) mass is 267 g/mol. The lowest BCUT2D eigenvalue weighted by atomic mass is 10.2. The Balaban J connectivity index is 2.10. The number of nitrogens with one attached hydrogen (secondary N) is 1. The van der Waals surface area contributed by atoms with Crippen LogP contribution in [-0.4, -0.2) is 9.78 Å². The van der Waals surface area contributed by atoms with E-state index in [1.54, 1.807) is 16.8 Å². The zero-order valence-electron chi connectivity index (χ0n) is 10.4. The molecule has 0 atom stereocenters. The molecule has 0 saturated carbocycles. The predicted molar refractivity (Wildman–Crippen MR) is 71.3 cm³/mol. The second-order valence-electron chi connectivity index (χ2n) is 4.04. The lowest BCUT2D eigenvalue weighted by molar-refractivity contribution is 0.628. The average molecular weight is 268 g/mol. The zero-order valence-corrected chi connectivity index (χ0v) is 11.1. The average Bonchev–Trinajstić information content (AvgIpc) is 2.64. The van der Waals surface area contributed by atoms with Crippen molar-refractivity contribution in [2.45, 2.75) is 19.9 Å². The Morgan fingerprint density at radius 1 is 1.33 bits per heavy atom. The van der Waals surface area contributed by atoms with Crippen LogP contribution >= 0.6 is 11.6 Å². The molecular weight excluding hydrogens is 253 g/mol. The van der Waals surface area contributed by atoms with Crippen LogP contribution in [0.2, 0.25) is 5.02 Å². The minimum atomic E-state index is -0.243. The maximum atomic E-state index is 12.8. The van der Waals surface area contributed by atoms with Gasteiger partial charge in [-0.1, -0.05) is 18.5 Å². The van der Waals surface area contributed by atoms with Gasteiger partial charge in [-0.2, -0.15) is 5.10 Å². The molecule has 5 heteroatoms. The van der Waals surface area contributed by atoms with Crippen LogP contribution in [0.25, 0.3) is 0 Å². The first-order valence-corrected chi connectivity index (χ1v) is 6.19. The Kier molecular flexibility index (Phi) is 3.87. The normalized spacial score (nSPS) is 10.7. The predicted octanol–water partition coefficient (Wildman–Crippen LogP) is 3.39. The van der Waals surface area contributed by atoms with Crippen LogP contribution in [0.4, 0.5) is 10.1 Å². The van der Waals surface area contributed by atoms with E-state index in [-0.39, 0.29) is 5.82 Å². The Morgan fingerprint density at radius 3 is 2.56 bits per heavy atom. The summed E-state index contributed by atoms with van der Waals surface area (Å²) in [4.78, 5) is 0. The standard InChI is InChI=1S/C13H15ClFN3/c1-3-11-13(14)12(18(2)17-11)8-16-10-6-4-9(15)5-7-10/h4-7,16H,3,8H2,1-2H3. The fourth-order valence-electron chi connectivity index (χ4n) is 1.77. The third-order valence-corrected chi connectivity index (χ3v) is 3.24. The van der Waals surface area contributed by atoms with Crippen LogP contribution in [0.5, 0.6) is 0 Å². The van der Waals surface area contributed by atoms with Gasteiger partial charge in [0.1, 0.15) is 5.82 Å². The lowest BCUT2D eigenvalue weighted by Crippen LogP contribution is -2.05. The molecule has 0 aliphatic rings. The minimum Gasteiger partial charge on any atom is -0.379 e. The van der Waals surface area contributed by atoms with Crippen LogP contribution < -0.4 is 5.32 Å². The molecule has 1 aromatic carbocycles. The summed E-state index contributed by atoms with van der Waals surface area (Å²) >= 11 is 6.24. The second-order valence-corrected chi connectivity index (χ2v) is 4.42. The zero-order chi connectivity index (χ0) is 13.1. The number of hydrogen-bond acceptors (Lipinski definition) is 2. The van der Waals surface area contributed by atoms with E-state index in [1.165, 1.54) is 12.1 Å². The third kappa shape index (κ3) is 2.64. The summed E-state index contributed by atoms with van der Waals surface area (Å²) in [5.74, 6) is -0.243. The maximum Gasteiger partial charge on any atom is 0.123 e. The van der Waals surface area contributed by atoms with Crippen LogP contribution in [-0.2, 0) is 20.0 Å². The second kappa shape index (κ2) is 5.40. The highest BCUT2D eigenvalue weighted by Crippen LogP contribution is 2.21.